The highest BCUT2D eigenvalue weighted by Crippen LogP contribution is 2.07. The molecule has 0 saturated heterocycles. The van der Waals surface area contributed by atoms with Crippen molar-refractivity contribution in [3.05, 3.63) is 24.0 Å². The molecule has 4 heteroatoms. The summed E-state index contributed by atoms with van der Waals surface area (Å²) in [6.45, 7) is 0.599. The molecule has 0 radical (unpaired) electrons. The third-order valence-corrected chi connectivity index (χ3v) is 1.55. The Morgan fingerprint density at radius 3 is 2.92 bits per heavy atom. The molecule has 0 unspecified atom stereocenters. The largest absolute Gasteiger partial charge is 0.491 e. The average Bonchev–Trinajstić information content (AvgIpc) is 2.15. The predicted octanol–water partition coefficient (Wildman–Crippen LogP) is 1.67. The third kappa shape index (κ3) is 2.62. The van der Waals surface area contributed by atoms with Crippen LogP contribution >= 0.6 is 15.9 Å². The highest BCUT2D eigenvalue weighted by atomic mass is 79.9. The predicted molar refractivity (Wildman–Crippen MR) is 48.9 cm³/mol. The number of alkyl halides is 1. The Bertz CT molecular complexity index is 248. The number of ether oxygens (including phenoxy) is 1. The summed E-state index contributed by atoms with van der Waals surface area (Å²) in [5, 5.41) is 0.780. The van der Waals surface area contributed by atoms with Crippen molar-refractivity contribution >= 4 is 22.2 Å². The van der Waals surface area contributed by atoms with E-state index in [4.69, 9.17) is 4.74 Å². The third-order valence-electron chi connectivity index (χ3n) is 1.23. The second-order valence-electron chi connectivity index (χ2n) is 2.07. The SMILES string of the molecule is O=Cc1ccc(OCCBr)cn1. The minimum atomic E-state index is 0.418. The molecule has 3 nitrogen and oxygen atoms in total. The fourth-order valence-electron chi connectivity index (χ4n) is 0.703. The zero-order valence-electron chi connectivity index (χ0n) is 6.37. The van der Waals surface area contributed by atoms with Crippen molar-refractivity contribution in [3.8, 4) is 5.75 Å². The summed E-state index contributed by atoms with van der Waals surface area (Å²) in [4.78, 5) is 14.1. The first-order valence-electron chi connectivity index (χ1n) is 3.47. The van der Waals surface area contributed by atoms with Gasteiger partial charge in [-0.1, -0.05) is 15.9 Å². The van der Waals surface area contributed by atoms with E-state index < -0.39 is 0 Å². The molecular weight excluding hydrogens is 222 g/mol. The van der Waals surface area contributed by atoms with Crippen LogP contribution in [0, 0.1) is 0 Å². The van der Waals surface area contributed by atoms with Gasteiger partial charge in [0.05, 0.1) is 12.8 Å². The van der Waals surface area contributed by atoms with Crippen LogP contribution in [0.4, 0.5) is 0 Å². The van der Waals surface area contributed by atoms with Crippen LogP contribution in [0.1, 0.15) is 10.5 Å². The molecule has 0 aliphatic rings. The number of halogens is 1. The van der Waals surface area contributed by atoms with Crippen LogP contribution in [0.15, 0.2) is 18.3 Å². The average molecular weight is 230 g/mol. The quantitative estimate of drug-likeness (QED) is 0.583. The molecule has 12 heavy (non-hydrogen) atoms. The fraction of sp³-hybridized carbons (Fsp3) is 0.250. The van der Waals surface area contributed by atoms with Gasteiger partial charge in [0.25, 0.3) is 0 Å². The molecule has 0 bridgehead atoms. The van der Waals surface area contributed by atoms with Gasteiger partial charge in [-0.3, -0.25) is 4.79 Å². The molecule has 0 saturated carbocycles. The van der Waals surface area contributed by atoms with Gasteiger partial charge in [0, 0.05) is 5.33 Å². The van der Waals surface area contributed by atoms with Gasteiger partial charge in [-0.05, 0) is 12.1 Å². The van der Waals surface area contributed by atoms with Gasteiger partial charge >= 0.3 is 0 Å². The lowest BCUT2D eigenvalue weighted by Gasteiger charge is -2.01. The smallest absolute Gasteiger partial charge is 0.168 e. The molecule has 0 amide bonds. The zero-order chi connectivity index (χ0) is 8.81. The van der Waals surface area contributed by atoms with E-state index in [2.05, 4.69) is 20.9 Å². The molecule has 0 spiro atoms. The maximum atomic E-state index is 10.2. The molecule has 1 aromatic rings. The van der Waals surface area contributed by atoms with Gasteiger partial charge in [0.15, 0.2) is 6.29 Å². The number of carbonyl (C=O) groups excluding carboxylic acids is 1. The van der Waals surface area contributed by atoms with Crippen molar-refractivity contribution in [1.29, 1.82) is 0 Å². The zero-order valence-corrected chi connectivity index (χ0v) is 7.95. The Hall–Kier alpha value is -0.900. The van der Waals surface area contributed by atoms with Gasteiger partial charge in [-0.15, -0.1) is 0 Å². The molecule has 0 fully saturated rings. The minimum absolute atomic E-state index is 0.418. The lowest BCUT2D eigenvalue weighted by atomic mass is 10.4. The van der Waals surface area contributed by atoms with Crippen LogP contribution in [0.5, 0.6) is 5.75 Å². The lowest BCUT2D eigenvalue weighted by molar-refractivity contribution is 0.111. The fourth-order valence-corrected chi connectivity index (χ4v) is 0.865. The van der Waals surface area contributed by atoms with Crippen molar-refractivity contribution in [2.24, 2.45) is 0 Å². The first-order chi connectivity index (χ1) is 5.86. The Morgan fingerprint density at radius 1 is 1.58 bits per heavy atom. The number of hydrogen-bond acceptors (Lipinski definition) is 3. The number of rotatable bonds is 4. The summed E-state index contributed by atoms with van der Waals surface area (Å²) in [6.07, 6.45) is 2.24. The number of hydrogen-bond donors (Lipinski definition) is 0. The van der Waals surface area contributed by atoms with E-state index in [9.17, 15) is 4.79 Å². The number of carbonyl (C=O) groups is 1. The van der Waals surface area contributed by atoms with E-state index in [1.165, 1.54) is 6.20 Å². The first-order valence-corrected chi connectivity index (χ1v) is 4.59. The summed E-state index contributed by atoms with van der Waals surface area (Å²) in [5.41, 5.74) is 0.418. The van der Waals surface area contributed by atoms with Crippen molar-refractivity contribution in [1.82, 2.24) is 4.98 Å². The Morgan fingerprint density at radius 2 is 2.42 bits per heavy atom. The van der Waals surface area contributed by atoms with Gasteiger partial charge in [-0.25, -0.2) is 4.98 Å². The molecule has 1 aromatic heterocycles. The van der Waals surface area contributed by atoms with Crippen molar-refractivity contribution in [2.45, 2.75) is 0 Å². The maximum Gasteiger partial charge on any atom is 0.168 e. The highest BCUT2D eigenvalue weighted by Gasteiger charge is 1.93. The standard InChI is InChI=1S/C8H8BrNO2/c9-3-4-12-8-2-1-7(6-11)10-5-8/h1-2,5-6H,3-4H2. The van der Waals surface area contributed by atoms with Crippen LogP contribution in [0.3, 0.4) is 0 Å². The van der Waals surface area contributed by atoms with Crippen molar-refractivity contribution in [2.75, 3.05) is 11.9 Å². The molecule has 64 valence electrons. The molecule has 0 aliphatic heterocycles. The van der Waals surface area contributed by atoms with Gasteiger partial charge in [-0.2, -0.15) is 0 Å². The molecule has 0 N–H and O–H groups in total. The Kier molecular flexibility index (Phi) is 3.73. The van der Waals surface area contributed by atoms with Crippen molar-refractivity contribution < 1.29 is 9.53 Å². The highest BCUT2D eigenvalue weighted by molar-refractivity contribution is 9.09. The van der Waals surface area contributed by atoms with Crippen LogP contribution in [-0.2, 0) is 0 Å². The first kappa shape index (κ1) is 9.19. The van der Waals surface area contributed by atoms with Gasteiger partial charge in [0.1, 0.15) is 11.4 Å². The summed E-state index contributed by atoms with van der Waals surface area (Å²) in [5.74, 6) is 0.681. The maximum absolute atomic E-state index is 10.2. The summed E-state index contributed by atoms with van der Waals surface area (Å²) in [7, 11) is 0. The van der Waals surface area contributed by atoms with E-state index in [1.54, 1.807) is 12.1 Å². The van der Waals surface area contributed by atoms with Crippen LogP contribution < -0.4 is 4.74 Å². The van der Waals surface area contributed by atoms with Crippen molar-refractivity contribution in [3.63, 3.8) is 0 Å². The molecule has 0 atom stereocenters. The molecule has 0 aliphatic carbocycles. The summed E-state index contributed by atoms with van der Waals surface area (Å²) >= 11 is 3.23. The van der Waals surface area contributed by atoms with E-state index in [-0.39, 0.29) is 0 Å². The molecule has 1 rings (SSSR count). The second-order valence-corrected chi connectivity index (χ2v) is 2.87. The number of aldehydes is 1. The normalized spacial score (nSPS) is 9.42. The number of pyridine rings is 1. The van der Waals surface area contributed by atoms with Gasteiger partial charge < -0.3 is 4.74 Å². The van der Waals surface area contributed by atoms with E-state index in [0.717, 1.165) is 5.33 Å². The molecule has 0 aromatic carbocycles. The Labute approximate surface area is 78.9 Å². The monoisotopic (exact) mass is 229 g/mol. The van der Waals surface area contributed by atoms with E-state index in [1.807, 2.05) is 0 Å². The lowest BCUT2D eigenvalue weighted by Crippen LogP contribution is -1.98. The number of aromatic nitrogens is 1. The van der Waals surface area contributed by atoms with Crippen LogP contribution in [0.25, 0.3) is 0 Å². The number of nitrogens with zero attached hydrogens (tertiary/aromatic N) is 1. The van der Waals surface area contributed by atoms with Crippen LogP contribution in [0.2, 0.25) is 0 Å². The summed E-state index contributed by atoms with van der Waals surface area (Å²) < 4.78 is 5.23. The summed E-state index contributed by atoms with van der Waals surface area (Å²) in [6, 6.07) is 3.34. The topological polar surface area (TPSA) is 39.2 Å². The Balaban J connectivity index is 2.58. The minimum Gasteiger partial charge on any atom is -0.491 e. The van der Waals surface area contributed by atoms with E-state index >= 15 is 0 Å². The van der Waals surface area contributed by atoms with E-state index in [0.29, 0.717) is 24.3 Å². The molecular formula is C8H8BrNO2. The molecule has 1 heterocycles. The van der Waals surface area contributed by atoms with Gasteiger partial charge in [0.2, 0.25) is 0 Å². The second kappa shape index (κ2) is 4.87. The van der Waals surface area contributed by atoms with Crippen LogP contribution in [-0.4, -0.2) is 23.2 Å².